The Hall–Kier alpha value is -2.30. The molecule has 0 aliphatic rings. The van der Waals surface area contributed by atoms with Crippen LogP contribution >= 0.6 is 0 Å². The highest BCUT2D eigenvalue weighted by Gasteiger charge is 2.08. The van der Waals surface area contributed by atoms with Gasteiger partial charge in [0.1, 0.15) is 0 Å². The molecule has 2 aromatic rings. The molecule has 5 nitrogen and oxygen atoms in total. The Kier molecular flexibility index (Phi) is 3.85. The molecule has 0 spiro atoms. The van der Waals surface area contributed by atoms with E-state index < -0.39 is 0 Å². The third kappa shape index (κ3) is 2.93. The second kappa shape index (κ2) is 5.56. The van der Waals surface area contributed by atoms with Gasteiger partial charge in [0.2, 0.25) is 0 Å². The molecule has 0 amide bonds. The molecule has 0 atom stereocenters. The first kappa shape index (κ1) is 13.1. The highest BCUT2D eigenvalue weighted by atomic mass is 16.5. The predicted octanol–water partition coefficient (Wildman–Crippen LogP) is 2.43. The van der Waals surface area contributed by atoms with Crippen LogP contribution in [0, 0.1) is 13.8 Å². The van der Waals surface area contributed by atoms with Gasteiger partial charge in [-0.25, -0.2) is 9.78 Å². The number of anilines is 1. The Morgan fingerprint density at radius 3 is 2.79 bits per heavy atom. The van der Waals surface area contributed by atoms with Crippen LogP contribution in [0.15, 0.2) is 24.5 Å². The van der Waals surface area contributed by atoms with Crippen LogP contribution < -0.4 is 5.32 Å². The fourth-order valence-corrected chi connectivity index (χ4v) is 1.85. The lowest BCUT2D eigenvalue weighted by Crippen LogP contribution is -2.05. The van der Waals surface area contributed by atoms with Crippen LogP contribution in [0.4, 0.5) is 5.69 Å². The number of aromatic nitrogens is 2. The van der Waals surface area contributed by atoms with Crippen molar-refractivity contribution in [3.05, 3.63) is 47.0 Å². The smallest absolute Gasteiger partial charge is 0.337 e. The van der Waals surface area contributed by atoms with Gasteiger partial charge in [-0.1, -0.05) is 0 Å². The third-order valence-corrected chi connectivity index (χ3v) is 3.03. The van der Waals surface area contributed by atoms with Crippen LogP contribution in [0.5, 0.6) is 0 Å². The fraction of sp³-hybridized carbons (Fsp3) is 0.286. The number of aromatic amines is 1. The number of carbonyl (C=O) groups excluding carboxylic acids is 1. The maximum absolute atomic E-state index is 11.4. The number of hydrogen-bond acceptors (Lipinski definition) is 4. The molecule has 0 bridgehead atoms. The SMILES string of the molecule is COC(=O)c1ccc(NCc2nc[nH]c2C)c(C)c1. The predicted molar refractivity (Wildman–Crippen MR) is 73.2 cm³/mol. The summed E-state index contributed by atoms with van der Waals surface area (Å²) >= 11 is 0. The van der Waals surface area contributed by atoms with Crippen LogP contribution in [0.2, 0.25) is 0 Å². The zero-order valence-electron chi connectivity index (χ0n) is 11.3. The van der Waals surface area contributed by atoms with E-state index in [2.05, 4.69) is 15.3 Å². The average Bonchev–Trinajstić information content (AvgIpc) is 2.82. The van der Waals surface area contributed by atoms with Gasteiger partial charge < -0.3 is 15.0 Å². The maximum Gasteiger partial charge on any atom is 0.337 e. The average molecular weight is 259 g/mol. The molecule has 5 heteroatoms. The molecule has 1 aromatic heterocycles. The van der Waals surface area contributed by atoms with Crippen LogP contribution in [0.1, 0.15) is 27.3 Å². The minimum atomic E-state index is -0.321. The molecule has 0 radical (unpaired) electrons. The van der Waals surface area contributed by atoms with E-state index in [0.717, 1.165) is 22.6 Å². The van der Waals surface area contributed by atoms with E-state index in [0.29, 0.717) is 12.1 Å². The highest BCUT2D eigenvalue weighted by Crippen LogP contribution is 2.18. The maximum atomic E-state index is 11.4. The molecule has 0 saturated carbocycles. The largest absolute Gasteiger partial charge is 0.465 e. The van der Waals surface area contributed by atoms with Crippen molar-refractivity contribution < 1.29 is 9.53 Å². The standard InChI is InChI=1S/C14H17N3O2/c1-9-6-11(14(18)19-3)4-5-12(9)15-7-13-10(2)16-8-17-13/h4-6,8,15H,7H2,1-3H3,(H,16,17). The van der Waals surface area contributed by atoms with E-state index in [4.69, 9.17) is 4.74 Å². The number of carbonyl (C=O) groups is 1. The Bertz CT molecular complexity index is 590. The summed E-state index contributed by atoms with van der Waals surface area (Å²) in [7, 11) is 1.38. The van der Waals surface area contributed by atoms with Gasteiger partial charge >= 0.3 is 5.97 Å². The van der Waals surface area contributed by atoms with Gasteiger partial charge in [-0.3, -0.25) is 0 Å². The number of ether oxygens (including phenoxy) is 1. The topological polar surface area (TPSA) is 67.0 Å². The van der Waals surface area contributed by atoms with Crippen molar-refractivity contribution in [3.63, 3.8) is 0 Å². The number of hydrogen-bond donors (Lipinski definition) is 2. The molecule has 0 fully saturated rings. The molecular weight excluding hydrogens is 242 g/mol. The summed E-state index contributed by atoms with van der Waals surface area (Å²) in [6.45, 7) is 4.58. The number of esters is 1. The number of nitrogens with one attached hydrogen (secondary N) is 2. The van der Waals surface area contributed by atoms with Crippen molar-refractivity contribution in [2.45, 2.75) is 20.4 Å². The van der Waals surface area contributed by atoms with Gasteiger partial charge in [0.05, 0.1) is 31.2 Å². The third-order valence-electron chi connectivity index (χ3n) is 3.03. The minimum absolute atomic E-state index is 0.321. The summed E-state index contributed by atoms with van der Waals surface area (Å²) in [4.78, 5) is 18.7. The quantitative estimate of drug-likeness (QED) is 0.827. The summed E-state index contributed by atoms with van der Waals surface area (Å²) in [5, 5.41) is 3.31. The van der Waals surface area contributed by atoms with E-state index in [9.17, 15) is 4.79 Å². The first-order valence-electron chi connectivity index (χ1n) is 6.03. The van der Waals surface area contributed by atoms with Gasteiger partial charge in [-0.2, -0.15) is 0 Å². The molecule has 100 valence electrons. The second-order valence-electron chi connectivity index (χ2n) is 4.35. The monoisotopic (exact) mass is 259 g/mol. The summed E-state index contributed by atoms with van der Waals surface area (Å²) in [5.41, 5.74) is 4.57. The molecule has 1 heterocycles. The van der Waals surface area contributed by atoms with Crippen LogP contribution in [-0.2, 0) is 11.3 Å². The molecule has 2 N–H and O–H groups in total. The Morgan fingerprint density at radius 1 is 1.42 bits per heavy atom. The van der Waals surface area contributed by atoms with Crippen molar-refractivity contribution in [1.29, 1.82) is 0 Å². The van der Waals surface area contributed by atoms with Crippen LogP contribution in [-0.4, -0.2) is 23.0 Å². The van der Waals surface area contributed by atoms with Crippen LogP contribution in [0.3, 0.4) is 0 Å². The van der Waals surface area contributed by atoms with Gasteiger partial charge in [-0.05, 0) is 37.6 Å². The van der Waals surface area contributed by atoms with E-state index in [1.165, 1.54) is 7.11 Å². The van der Waals surface area contributed by atoms with Crippen molar-refractivity contribution in [1.82, 2.24) is 9.97 Å². The van der Waals surface area contributed by atoms with E-state index in [1.807, 2.05) is 26.0 Å². The van der Waals surface area contributed by atoms with E-state index in [-0.39, 0.29) is 5.97 Å². The Labute approximate surface area is 112 Å². The van der Waals surface area contributed by atoms with Gasteiger partial charge in [0, 0.05) is 11.4 Å². The van der Waals surface area contributed by atoms with E-state index >= 15 is 0 Å². The lowest BCUT2D eigenvalue weighted by Gasteiger charge is -2.10. The van der Waals surface area contributed by atoms with Crippen molar-refractivity contribution >= 4 is 11.7 Å². The fourth-order valence-electron chi connectivity index (χ4n) is 1.85. The minimum Gasteiger partial charge on any atom is -0.465 e. The molecule has 19 heavy (non-hydrogen) atoms. The number of methoxy groups -OCH3 is 1. The summed E-state index contributed by atoms with van der Waals surface area (Å²) in [6, 6.07) is 5.44. The zero-order valence-corrected chi connectivity index (χ0v) is 11.3. The summed E-state index contributed by atoms with van der Waals surface area (Å²) in [6.07, 6.45) is 1.68. The number of nitrogens with zero attached hydrogens (tertiary/aromatic N) is 1. The molecular formula is C14H17N3O2. The number of imidazole rings is 1. The zero-order chi connectivity index (χ0) is 13.8. The number of rotatable bonds is 4. The summed E-state index contributed by atoms with van der Waals surface area (Å²) < 4.78 is 4.69. The van der Waals surface area contributed by atoms with Gasteiger partial charge in [0.25, 0.3) is 0 Å². The van der Waals surface area contributed by atoms with Crippen molar-refractivity contribution in [2.24, 2.45) is 0 Å². The first-order chi connectivity index (χ1) is 9.11. The molecule has 0 aliphatic carbocycles. The Morgan fingerprint density at radius 2 is 2.21 bits per heavy atom. The normalized spacial score (nSPS) is 10.3. The molecule has 2 rings (SSSR count). The first-order valence-corrected chi connectivity index (χ1v) is 6.03. The second-order valence-corrected chi connectivity index (χ2v) is 4.35. The molecule has 1 aromatic carbocycles. The number of benzene rings is 1. The molecule has 0 saturated heterocycles. The Balaban J connectivity index is 2.09. The lowest BCUT2D eigenvalue weighted by molar-refractivity contribution is 0.0600. The van der Waals surface area contributed by atoms with Gasteiger partial charge in [-0.15, -0.1) is 0 Å². The highest BCUT2D eigenvalue weighted by molar-refractivity contribution is 5.90. The van der Waals surface area contributed by atoms with Crippen molar-refractivity contribution in [2.75, 3.05) is 12.4 Å². The van der Waals surface area contributed by atoms with Crippen LogP contribution in [0.25, 0.3) is 0 Å². The molecule has 0 aliphatic heterocycles. The lowest BCUT2D eigenvalue weighted by atomic mass is 10.1. The number of H-pyrrole nitrogens is 1. The van der Waals surface area contributed by atoms with Gasteiger partial charge in [0.15, 0.2) is 0 Å². The van der Waals surface area contributed by atoms with E-state index in [1.54, 1.807) is 12.4 Å². The summed E-state index contributed by atoms with van der Waals surface area (Å²) in [5.74, 6) is -0.321. The van der Waals surface area contributed by atoms with Crippen molar-refractivity contribution in [3.8, 4) is 0 Å². The number of aryl methyl sites for hydroxylation is 2. The molecule has 0 unspecified atom stereocenters.